The number of carbonyl (C=O) groups excluding carboxylic acids is 1. The molecule has 0 radical (unpaired) electrons. The van der Waals surface area contributed by atoms with Crippen LogP contribution in [0.15, 0.2) is 29.4 Å². The van der Waals surface area contributed by atoms with Gasteiger partial charge in [0.15, 0.2) is 5.16 Å². The van der Waals surface area contributed by atoms with Crippen molar-refractivity contribution in [1.82, 2.24) is 14.8 Å². The fourth-order valence-corrected chi connectivity index (χ4v) is 4.30. The van der Waals surface area contributed by atoms with Gasteiger partial charge in [0.25, 0.3) is 0 Å². The molecule has 0 aliphatic carbocycles. The molecular formula is C22H33N5O2S. The van der Waals surface area contributed by atoms with Gasteiger partial charge in [-0.1, -0.05) is 57.7 Å². The number of ether oxygens (including phenoxy) is 1. The van der Waals surface area contributed by atoms with Crippen molar-refractivity contribution in [3.05, 3.63) is 29.8 Å². The number of hydrogen-bond donors (Lipinski definition) is 1. The van der Waals surface area contributed by atoms with E-state index in [1.54, 1.807) is 0 Å². The van der Waals surface area contributed by atoms with Gasteiger partial charge in [-0.15, -0.1) is 10.2 Å². The van der Waals surface area contributed by atoms with Gasteiger partial charge in [0.05, 0.1) is 18.5 Å². The first-order valence-corrected chi connectivity index (χ1v) is 11.6. The van der Waals surface area contributed by atoms with Crippen LogP contribution in [0.3, 0.4) is 0 Å². The third kappa shape index (κ3) is 5.55. The zero-order chi connectivity index (χ0) is 21.7. The largest absolute Gasteiger partial charge is 0.378 e. The van der Waals surface area contributed by atoms with Crippen molar-refractivity contribution in [2.24, 2.45) is 5.92 Å². The number of rotatable bonds is 8. The fraction of sp³-hybridized carbons (Fsp3) is 0.591. The van der Waals surface area contributed by atoms with Crippen molar-refractivity contribution < 1.29 is 9.53 Å². The molecule has 0 spiro atoms. The summed E-state index contributed by atoms with van der Waals surface area (Å²) in [6.07, 6.45) is 0. The number of amides is 1. The Labute approximate surface area is 183 Å². The van der Waals surface area contributed by atoms with Crippen LogP contribution in [0.4, 0.5) is 11.6 Å². The summed E-state index contributed by atoms with van der Waals surface area (Å²) in [5.41, 5.74) is 2.02. The van der Waals surface area contributed by atoms with Crippen LogP contribution in [-0.2, 0) is 16.1 Å². The molecule has 1 aromatic heterocycles. The maximum absolute atomic E-state index is 12.9. The fourth-order valence-electron chi connectivity index (χ4n) is 3.45. The van der Waals surface area contributed by atoms with E-state index in [4.69, 9.17) is 4.74 Å². The Kier molecular flexibility index (Phi) is 7.77. The van der Waals surface area contributed by atoms with Crippen LogP contribution in [0.2, 0.25) is 0 Å². The second-order valence-electron chi connectivity index (χ2n) is 8.38. The lowest BCUT2D eigenvalue weighted by Gasteiger charge is -2.28. The van der Waals surface area contributed by atoms with E-state index < -0.39 is 0 Å². The average molecular weight is 432 g/mol. The Balaban J connectivity index is 1.74. The first kappa shape index (κ1) is 22.6. The van der Waals surface area contributed by atoms with Gasteiger partial charge in [-0.3, -0.25) is 9.36 Å². The van der Waals surface area contributed by atoms with Crippen molar-refractivity contribution in [3.63, 3.8) is 0 Å². The molecule has 1 fully saturated rings. The van der Waals surface area contributed by atoms with E-state index in [2.05, 4.69) is 58.7 Å². The van der Waals surface area contributed by atoms with E-state index in [0.717, 1.165) is 42.0 Å². The summed E-state index contributed by atoms with van der Waals surface area (Å²) in [4.78, 5) is 15.1. The molecule has 7 nitrogen and oxygen atoms in total. The van der Waals surface area contributed by atoms with Crippen LogP contribution in [-0.4, -0.2) is 52.2 Å². The zero-order valence-corrected chi connectivity index (χ0v) is 19.4. The van der Waals surface area contributed by atoms with Crippen LogP contribution in [0.25, 0.3) is 0 Å². The number of benzene rings is 1. The van der Waals surface area contributed by atoms with Crippen molar-refractivity contribution in [2.45, 2.75) is 57.5 Å². The van der Waals surface area contributed by atoms with E-state index in [9.17, 15) is 4.79 Å². The lowest BCUT2D eigenvalue weighted by Crippen LogP contribution is -2.38. The Bertz CT molecular complexity index is 846. The van der Waals surface area contributed by atoms with Gasteiger partial charge in [-0.2, -0.15) is 0 Å². The maximum atomic E-state index is 12.9. The van der Waals surface area contributed by atoms with E-state index in [0.29, 0.717) is 25.0 Å². The highest BCUT2D eigenvalue weighted by molar-refractivity contribution is 8.00. The molecule has 1 saturated heterocycles. The Hall–Kier alpha value is -2.06. The van der Waals surface area contributed by atoms with Gasteiger partial charge < -0.3 is 15.0 Å². The molecule has 1 aliphatic heterocycles. The van der Waals surface area contributed by atoms with E-state index in [-0.39, 0.29) is 11.2 Å². The highest BCUT2D eigenvalue weighted by Crippen LogP contribution is 2.29. The number of morpholine rings is 1. The van der Waals surface area contributed by atoms with E-state index in [1.165, 1.54) is 11.8 Å². The van der Waals surface area contributed by atoms with E-state index in [1.807, 2.05) is 25.1 Å². The SMILES string of the molecule is CC(C)Cn1c(SC(C)C(=O)Nc2ccccc2C(C)C)nnc1N1CCOCC1. The molecule has 1 aromatic carbocycles. The molecule has 1 atom stereocenters. The topological polar surface area (TPSA) is 72.3 Å². The number of nitrogens with zero attached hydrogens (tertiary/aromatic N) is 4. The molecule has 2 aromatic rings. The number of thioether (sulfide) groups is 1. The minimum Gasteiger partial charge on any atom is -0.378 e. The summed E-state index contributed by atoms with van der Waals surface area (Å²) < 4.78 is 7.62. The average Bonchev–Trinajstić information content (AvgIpc) is 3.10. The molecule has 1 amide bonds. The highest BCUT2D eigenvalue weighted by Gasteiger charge is 2.24. The normalized spacial score (nSPS) is 15.6. The van der Waals surface area contributed by atoms with Crippen molar-refractivity contribution >= 4 is 29.3 Å². The summed E-state index contributed by atoms with van der Waals surface area (Å²) in [6, 6.07) is 7.98. The number of nitrogens with one attached hydrogen (secondary N) is 1. The van der Waals surface area contributed by atoms with Crippen LogP contribution < -0.4 is 10.2 Å². The number of aromatic nitrogens is 3. The molecule has 1 unspecified atom stereocenters. The molecule has 1 N–H and O–H groups in total. The summed E-state index contributed by atoms with van der Waals surface area (Å²) in [7, 11) is 0. The van der Waals surface area contributed by atoms with Crippen molar-refractivity contribution in [1.29, 1.82) is 0 Å². The molecule has 0 bridgehead atoms. The van der Waals surface area contributed by atoms with Gasteiger partial charge in [0.2, 0.25) is 11.9 Å². The lowest BCUT2D eigenvalue weighted by atomic mass is 10.0. The van der Waals surface area contributed by atoms with Gasteiger partial charge in [-0.05, 0) is 30.4 Å². The number of para-hydroxylation sites is 1. The molecule has 164 valence electrons. The zero-order valence-electron chi connectivity index (χ0n) is 18.6. The lowest BCUT2D eigenvalue weighted by molar-refractivity contribution is -0.115. The van der Waals surface area contributed by atoms with Crippen molar-refractivity contribution in [2.75, 3.05) is 36.5 Å². The van der Waals surface area contributed by atoms with Crippen LogP contribution >= 0.6 is 11.8 Å². The third-order valence-corrected chi connectivity index (χ3v) is 6.11. The van der Waals surface area contributed by atoms with Crippen LogP contribution in [0, 0.1) is 5.92 Å². The second-order valence-corrected chi connectivity index (χ2v) is 9.69. The highest BCUT2D eigenvalue weighted by atomic mass is 32.2. The van der Waals surface area contributed by atoms with Crippen LogP contribution in [0.1, 0.15) is 46.1 Å². The molecule has 30 heavy (non-hydrogen) atoms. The quantitative estimate of drug-likeness (QED) is 0.637. The van der Waals surface area contributed by atoms with Gasteiger partial charge >= 0.3 is 0 Å². The predicted molar refractivity (Wildman–Crippen MR) is 122 cm³/mol. The number of anilines is 2. The first-order valence-electron chi connectivity index (χ1n) is 10.7. The molecule has 1 aliphatic rings. The van der Waals surface area contributed by atoms with Gasteiger partial charge in [-0.25, -0.2) is 0 Å². The molecule has 0 saturated carbocycles. The number of hydrogen-bond acceptors (Lipinski definition) is 6. The predicted octanol–water partition coefficient (Wildman–Crippen LogP) is 4.01. The first-order chi connectivity index (χ1) is 14.4. The standard InChI is InChI=1S/C22H33N5O2S/c1-15(2)14-27-21(26-10-12-29-13-11-26)24-25-22(27)30-17(5)20(28)23-19-9-7-6-8-18(19)16(3)4/h6-9,15-17H,10-14H2,1-5H3,(H,23,28). The smallest absolute Gasteiger partial charge is 0.237 e. The monoisotopic (exact) mass is 431 g/mol. The Morgan fingerprint density at radius 2 is 1.83 bits per heavy atom. The summed E-state index contributed by atoms with van der Waals surface area (Å²) in [5, 5.41) is 12.5. The summed E-state index contributed by atoms with van der Waals surface area (Å²) in [5.74, 6) is 1.63. The minimum absolute atomic E-state index is 0.0277. The molecular weight excluding hydrogens is 398 g/mol. The van der Waals surface area contributed by atoms with Crippen LogP contribution in [0.5, 0.6) is 0 Å². The minimum atomic E-state index is -0.294. The van der Waals surface area contributed by atoms with E-state index >= 15 is 0 Å². The summed E-state index contributed by atoms with van der Waals surface area (Å²) >= 11 is 1.46. The molecule has 2 heterocycles. The summed E-state index contributed by atoms with van der Waals surface area (Å²) in [6.45, 7) is 14.4. The third-order valence-electron chi connectivity index (χ3n) is 5.03. The van der Waals surface area contributed by atoms with Gasteiger partial charge in [0.1, 0.15) is 0 Å². The maximum Gasteiger partial charge on any atom is 0.237 e. The van der Waals surface area contributed by atoms with Gasteiger partial charge in [0, 0.05) is 25.3 Å². The second kappa shape index (κ2) is 10.3. The number of carbonyl (C=O) groups is 1. The molecule has 3 rings (SSSR count). The Morgan fingerprint density at radius 3 is 2.50 bits per heavy atom. The molecule has 8 heteroatoms. The van der Waals surface area contributed by atoms with Crippen molar-refractivity contribution in [3.8, 4) is 0 Å². The Morgan fingerprint density at radius 1 is 1.13 bits per heavy atom.